The van der Waals surface area contributed by atoms with Gasteiger partial charge in [0, 0.05) is 6.42 Å². The SMILES string of the molecule is CC(=O)Cc1ccc(-c2cccc(C#N)c2)cc1. The summed E-state index contributed by atoms with van der Waals surface area (Å²) in [6.07, 6.45) is 0.471. The summed E-state index contributed by atoms with van der Waals surface area (Å²) < 4.78 is 0. The minimum absolute atomic E-state index is 0.161. The third-order valence-electron chi connectivity index (χ3n) is 2.73. The van der Waals surface area contributed by atoms with Crippen molar-refractivity contribution >= 4 is 5.78 Å². The lowest BCUT2D eigenvalue weighted by molar-refractivity contribution is -0.116. The van der Waals surface area contributed by atoms with Crippen molar-refractivity contribution in [3.63, 3.8) is 0 Å². The molecule has 18 heavy (non-hydrogen) atoms. The zero-order valence-corrected chi connectivity index (χ0v) is 10.2. The lowest BCUT2D eigenvalue weighted by atomic mass is 10.0. The van der Waals surface area contributed by atoms with Crippen LogP contribution in [0, 0.1) is 11.3 Å². The predicted octanol–water partition coefficient (Wildman–Crippen LogP) is 3.36. The number of nitrogens with zero attached hydrogens (tertiary/aromatic N) is 1. The molecule has 0 aliphatic carbocycles. The number of hydrogen-bond acceptors (Lipinski definition) is 2. The summed E-state index contributed by atoms with van der Waals surface area (Å²) in [5.74, 6) is 0.161. The van der Waals surface area contributed by atoms with E-state index in [1.807, 2.05) is 42.5 Å². The van der Waals surface area contributed by atoms with Crippen LogP contribution in [0.3, 0.4) is 0 Å². The summed E-state index contributed by atoms with van der Waals surface area (Å²) in [4.78, 5) is 11.0. The van der Waals surface area contributed by atoms with Crippen LogP contribution in [0.4, 0.5) is 0 Å². The molecule has 0 amide bonds. The van der Waals surface area contributed by atoms with E-state index in [9.17, 15) is 4.79 Å². The molecule has 2 aromatic rings. The summed E-state index contributed by atoms with van der Waals surface area (Å²) in [6, 6.07) is 17.5. The van der Waals surface area contributed by atoms with Crippen molar-refractivity contribution in [2.75, 3.05) is 0 Å². The first-order chi connectivity index (χ1) is 8.69. The van der Waals surface area contributed by atoms with Crippen LogP contribution in [0.5, 0.6) is 0 Å². The highest BCUT2D eigenvalue weighted by Gasteiger charge is 2.01. The molecule has 2 aromatic carbocycles. The number of carbonyl (C=O) groups excluding carboxylic acids is 1. The Labute approximate surface area is 107 Å². The molecule has 2 nitrogen and oxygen atoms in total. The summed E-state index contributed by atoms with van der Waals surface area (Å²) >= 11 is 0. The van der Waals surface area contributed by atoms with E-state index in [1.54, 1.807) is 13.0 Å². The van der Waals surface area contributed by atoms with Crippen LogP contribution in [0.2, 0.25) is 0 Å². The number of Topliss-reactive ketones (excluding diaryl/α,β-unsaturated/α-hetero) is 1. The fourth-order valence-corrected chi connectivity index (χ4v) is 1.87. The molecule has 0 N–H and O–H groups in total. The zero-order chi connectivity index (χ0) is 13.0. The van der Waals surface area contributed by atoms with Gasteiger partial charge in [-0.2, -0.15) is 5.26 Å². The van der Waals surface area contributed by atoms with Gasteiger partial charge in [-0.15, -0.1) is 0 Å². The smallest absolute Gasteiger partial charge is 0.134 e. The van der Waals surface area contributed by atoms with Gasteiger partial charge in [-0.05, 0) is 35.7 Å². The second-order valence-corrected chi connectivity index (χ2v) is 4.27. The molecule has 0 aliphatic rings. The molecule has 2 heteroatoms. The first-order valence-corrected chi connectivity index (χ1v) is 5.78. The summed E-state index contributed by atoms with van der Waals surface area (Å²) in [5.41, 5.74) is 3.74. The lowest BCUT2D eigenvalue weighted by Gasteiger charge is -2.03. The monoisotopic (exact) mass is 235 g/mol. The van der Waals surface area contributed by atoms with Crippen LogP contribution >= 0.6 is 0 Å². The molecule has 88 valence electrons. The molecule has 0 heterocycles. The van der Waals surface area contributed by atoms with Crippen molar-refractivity contribution in [1.29, 1.82) is 5.26 Å². The van der Waals surface area contributed by atoms with Gasteiger partial charge in [0.05, 0.1) is 11.6 Å². The highest BCUT2D eigenvalue weighted by Crippen LogP contribution is 2.21. The van der Waals surface area contributed by atoms with Crippen molar-refractivity contribution in [3.05, 3.63) is 59.7 Å². The summed E-state index contributed by atoms with van der Waals surface area (Å²) in [7, 11) is 0. The van der Waals surface area contributed by atoms with Crippen LogP contribution in [0.1, 0.15) is 18.1 Å². The largest absolute Gasteiger partial charge is 0.300 e. The van der Waals surface area contributed by atoms with E-state index in [2.05, 4.69) is 6.07 Å². The quantitative estimate of drug-likeness (QED) is 0.818. The van der Waals surface area contributed by atoms with Crippen molar-refractivity contribution in [2.45, 2.75) is 13.3 Å². The zero-order valence-electron chi connectivity index (χ0n) is 10.2. The number of carbonyl (C=O) groups is 1. The lowest BCUT2D eigenvalue weighted by Crippen LogP contribution is -1.95. The first kappa shape index (κ1) is 12.1. The standard InChI is InChI=1S/C16H13NO/c1-12(18)9-13-5-7-15(8-6-13)16-4-2-3-14(10-16)11-17/h2-8,10H,9H2,1H3. The average Bonchev–Trinajstić information content (AvgIpc) is 2.39. The Morgan fingerprint density at radius 1 is 1.11 bits per heavy atom. The number of nitriles is 1. The Balaban J connectivity index is 2.29. The molecule has 0 aromatic heterocycles. The molecular weight excluding hydrogens is 222 g/mol. The first-order valence-electron chi connectivity index (χ1n) is 5.78. The molecule has 0 fully saturated rings. The Hall–Kier alpha value is -2.40. The van der Waals surface area contributed by atoms with Crippen LogP contribution in [-0.4, -0.2) is 5.78 Å². The molecule has 0 saturated heterocycles. The minimum Gasteiger partial charge on any atom is -0.300 e. The normalized spacial score (nSPS) is 9.78. The van der Waals surface area contributed by atoms with E-state index >= 15 is 0 Å². The molecule has 0 aliphatic heterocycles. The Kier molecular flexibility index (Phi) is 3.54. The van der Waals surface area contributed by atoms with E-state index in [1.165, 1.54) is 0 Å². The van der Waals surface area contributed by atoms with Gasteiger partial charge >= 0.3 is 0 Å². The van der Waals surface area contributed by atoms with E-state index in [4.69, 9.17) is 5.26 Å². The van der Waals surface area contributed by atoms with Gasteiger partial charge in [-0.25, -0.2) is 0 Å². The molecule has 0 spiro atoms. The van der Waals surface area contributed by atoms with E-state index in [-0.39, 0.29) is 5.78 Å². The van der Waals surface area contributed by atoms with Crippen LogP contribution in [0.25, 0.3) is 11.1 Å². The number of benzene rings is 2. The van der Waals surface area contributed by atoms with Gasteiger partial charge in [-0.1, -0.05) is 36.4 Å². The predicted molar refractivity (Wildman–Crippen MR) is 71.0 cm³/mol. The minimum atomic E-state index is 0.161. The maximum Gasteiger partial charge on any atom is 0.134 e. The fraction of sp³-hybridized carbons (Fsp3) is 0.125. The number of hydrogen-bond donors (Lipinski definition) is 0. The summed E-state index contributed by atoms with van der Waals surface area (Å²) in [6.45, 7) is 1.59. The van der Waals surface area contributed by atoms with Gasteiger partial charge in [-0.3, -0.25) is 4.79 Å². The van der Waals surface area contributed by atoms with Crippen LogP contribution in [0.15, 0.2) is 48.5 Å². The van der Waals surface area contributed by atoms with Gasteiger partial charge < -0.3 is 0 Å². The van der Waals surface area contributed by atoms with Gasteiger partial charge in [0.1, 0.15) is 5.78 Å². The molecular formula is C16H13NO. The van der Waals surface area contributed by atoms with Gasteiger partial charge in [0.25, 0.3) is 0 Å². The summed E-state index contributed by atoms with van der Waals surface area (Å²) in [5, 5.41) is 8.86. The van der Waals surface area contributed by atoms with Crippen molar-refractivity contribution in [2.24, 2.45) is 0 Å². The van der Waals surface area contributed by atoms with Crippen molar-refractivity contribution in [3.8, 4) is 17.2 Å². The van der Waals surface area contributed by atoms with Crippen LogP contribution in [-0.2, 0) is 11.2 Å². The molecule has 0 saturated carbocycles. The topological polar surface area (TPSA) is 40.9 Å². The van der Waals surface area contributed by atoms with Crippen molar-refractivity contribution < 1.29 is 4.79 Å². The Morgan fingerprint density at radius 2 is 1.83 bits per heavy atom. The molecule has 0 atom stereocenters. The second-order valence-electron chi connectivity index (χ2n) is 4.27. The highest BCUT2D eigenvalue weighted by atomic mass is 16.1. The Bertz CT molecular complexity index is 606. The van der Waals surface area contributed by atoms with Gasteiger partial charge in [0.15, 0.2) is 0 Å². The maximum absolute atomic E-state index is 11.0. The van der Waals surface area contributed by atoms with Crippen molar-refractivity contribution in [1.82, 2.24) is 0 Å². The highest BCUT2D eigenvalue weighted by molar-refractivity contribution is 5.78. The second kappa shape index (κ2) is 5.29. The average molecular weight is 235 g/mol. The fourth-order valence-electron chi connectivity index (χ4n) is 1.87. The molecule has 0 unspecified atom stereocenters. The van der Waals surface area contributed by atoms with Gasteiger partial charge in [0.2, 0.25) is 0 Å². The molecule has 0 radical (unpaired) electrons. The van der Waals surface area contributed by atoms with E-state index < -0.39 is 0 Å². The maximum atomic E-state index is 11.0. The molecule has 0 bridgehead atoms. The number of rotatable bonds is 3. The Morgan fingerprint density at radius 3 is 2.44 bits per heavy atom. The van der Waals surface area contributed by atoms with Crippen LogP contribution < -0.4 is 0 Å². The molecule has 2 rings (SSSR count). The third-order valence-corrected chi connectivity index (χ3v) is 2.73. The third kappa shape index (κ3) is 2.83. The van der Waals surface area contributed by atoms with E-state index in [0.29, 0.717) is 12.0 Å². The number of ketones is 1. The van der Waals surface area contributed by atoms with E-state index in [0.717, 1.165) is 16.7 Å².